The van der Waals surface area contributed by atoms with E-state index in [1.165, 1.54) is 0 Å². The Hall–Kier alpha value is -4.99. The van der Waals surface area contributed by atoms with E-state index >= 15 is 0 Å². The van der Waals surface area contributed by atoms with Gasteiger partial charge in [-0.2, -0.15) is 5.26 Å². The summed E-state index contributed by atoms with van der Waals surface area (Å²) < 4.78 is 1.83. The zero-order chi connectivity index (χ0) is 25.4. The number of aromatic amines is 1. The van der Waals surface area contributed by atoms with Crippen LogP contribution in [0.25, 0.3) is 50.8 Å². The first kappa shape index (κ1) is 22.5. The second kappa shape index (κ2) is 9.23. The van der Waals surface area contributed by atoms with Crippen molar-refractivity contribution in [1.29, 1.82) is 5.26 Å². The summed E-state index contributed by atoms with van der Waals surface area (Å²) in [5.41, 5.74) is 5.30. The third kappa shape index (κ3) is 4.18. The smallest absolute Gasteiger partial charge is 0.279 e. The van der Waals surface area contributed by atoms with Crippen molar-refractivity contribution in [2.24, 2.45) is 0 Å². The van der Waals surface area contributed by atoms with Crippen molar-refractivity contribution in [2.75, 3.05) is 0 Å². The first-order valence-electron chi connectivity index (χ1n) is 11.6. The lowest BCUT2D eigenvalue weighted by Gasteiger charge is -2.10. The molecule has 6 aromatic rings. The van der Waals surface area contributed by atoms with Gasteiger partial charge in [0.05, 0.1) is 11.6 Å². The fraction of sp³-hybridized carbons (Fsp3) is 0. The maximum absolute atomic E-state index is 13.2. The van der Waals surface area contributed by atoms with Gasteiger partial charge >= 0.3 is 0 Å². The van der Waals surface area contributed by atoms with Crippen molar-refractivity contribution in [3.05, 3.63) is 124 Å². The van der Waals surface area contributed by atoms with Crippen LogP contribution in [0, 0.1) is 11.3 Å². The molecule has 0 aliphatic heterocycles. The SMILES string of the molecule is N#Cc1ccc(-n2c(-c3ccc(Cl)cc3)nc3c(=O)[nH]c(-c4ccc(-c5ccccc5)cc4)nc32)cc1. The van der Waals surface area contributed by atoms with Crippen LogP contribution in [0.5, 0.6) is 0 Å². The molecule has 0 unspecified atom stereocenters. The predicted octanol–water partition coefficient (Wildman–Crippen LogP) is 6.63. The van der Waals surface area contributed by atoms with Gasteiger partial charge in [0.2, 0.25) is 0 Å². The van der Waals surface area contributed by atoms with E-state index in [-0.39, 0.29) is 11.1 Å². The van der Waals surface area contributed by atoms with Gasteiger partial charge in [-0.3, -0.25) is 9.36 Å². The number of halogens is 1. The Morgan fingerprint density at radius 3 is 2.03 bits per heavy atom. The van der Waals surface area contributed by atoms with Gasteiger partial charge < -0.3 is 4.98 Å². The van der Waals surface area contributed by atoms with Crippen molar-refractivity contribution in [1.82, 2.24) is 19.5 Å². The first-order chi connectivity index (χ1) is 18.1. The fourth-order valence-electron chi connectivity index (χ4n) is 4.28. The summed E-state index contributed by atoms with van der Waals surface area (Å²) in [5, 5.41) is 9.84. The summed E-state index contributed by atoms with van der Waals surface area (Å²) in [4.78, 5) is 25.6. The van der Waals surface area contributed by atoms with Crippen molar-refractivity contribution in [3.63, 3.8) is 0 Å². The summed E-state index contributed by atoms with van der Waals surface area (Å²) in [7, 11) is 0. The molecule has 37 heavy (non-hydrogen) atoms. The van der Waals surface area contributed by atoms with Crippen molar-refractivity contribution < 1.29 is 0 Å². The van der Waals surface area contributed by atoms with E-state index in [9.17, 15) is 10.1 Å². The van der Waals surface area contributed by atoms with Crippen LogP contribution in [0.4, 0.5) is 0 Å². The molecule has 2 heterocycles. The van der Waals surface area contributed by atoms with Crippen LogP contribution in [0.2, 0.25) is 5.02 Å². The average Bonchev–Trinajstić information content (AvgIpc) is 3.34. The molecule has 0 atom stereocenters. The molecule has 0 aliphatic rings. The van der Waals surface area contributed by atoms with E-state index in [0.717, 1.165) is 27.9 Å². The normalized spacial score (nSPS) is 10.9. The van der Waals surface area contributed by atoms with Gasteiger partial charge in [0.25, 0.3) is 5.56 Å². The molecule has 4 aromatic carbocycles. The van der Waals surface area contributed by atoms with Gasteiger partial charge in [0.1, 0.15) is 11.6 Å². The average molecular weight is 500 g/mol. The Morgan fingerprint density at radius 2 is 1.35 bits per heavy atom. The van der Waals surface area contributed by atoms with E-state index in [1.807, 2.05) is 71.3 Å². The fourth-order valence-corrected chi connectivity index (χ4v) is 4.40. The van der Waals surface area contributed by atoms with E-state index in [1.54, 1.807) is 24.3 Å². The van der Waals surface area contributed by atoms with Gasteiger partial charge in [-0.25, -0.2) is 9.97 Å². The molecule has 0 bridgehead atoms. The minimum atomic E-state index is -0.338. The summed E-state index contributed by atoms with van der Waals surface area (Å²) in [6.07, 6.45) is 0. The number of rotatable bonds is 4. The van der Waals surface area contributed by atoms with Crippen LogP contribution in [0.3, 0.4) is 0 Å². The zero-order valence-corrected chi connectivity index (χ0v) is 20.1. The third-order valence-corrected chi connectivity index (χ3v) is 6.39. The van der Waals surface area contributed by atoms with E-state index < -0.39 is 0 Å². The number of fused-ring (bicyclic) bond motifs is 1. The van der Waals surface area contributed by atoms with Crippen molar-refractivity contribution >= 4 is 22.8 Å². The molecule has 0 saturated carbocycles. The molecule has 6 rings (SSSR count). The van der Waals surface area contributed by atoms with Crippen LogP contribution >= 0.6 is 11.6 Å². The van der Waals surface area contributed by atoms with Gasteiger partial charge in [0.15, 0.2) is 11.2 Å². The monoisotopic (exact) mass is 499 g/mol. The largest absolute Gasteiger partial charge is 0.305 e. The number of H-pyrrole nitrogens is 1. The molecule has 2 aromatic heterocycles. The Labute approximate surface area is 217 Å². The molecule has 176 valence electrons. The minimum Gasteiger partial charge on any atom is -0.305 e. The number of benzene rings is 4. The summed E-state index contributed by atoms with van der Waals surface area (Å²) in [6.45, 7) is 0. The Bertz CT molecular complexity index is 1830. The number of hydrogen-bond acceptors (Lipinski definition) is 4. The summed E-state index contributed by atoms with van der Waals surface area (Å²) in [5.74, 6) is 0.987. The van der Waals surface area contributed by atoms with Gasteiger partial charge in [0, 0.05) is 21.8 Å². The topological polar surface area (TPSA) is 87.4 Å². The molecule has 0 fully saturated rings. The third-order valence-electron chi connectivity index (χ3n) is 6.14. The summed E-state index contributed by atoms with van der Waals surface area (Å²) >= 11 is 6.11. The predicted molar refractivity (Wildman–Crippen MR) is 146 cm³/mol. The molecular weight excluding hydrogens is 482 g/mol. The first-order valence-corrected chi connectivity index (χ1v) is 11.9. The van der Waals surface area contributed by atoms with Crippen LogP contribution in [-0.4, -0.2) is 19.5 Å². The Kier molecular flexibility index (Phi) is 5.61. The molecule has 0 saturated heterocycles. The molecule has 0 spiro atoms. The second-order valence-corrected chi connectivity index (χ2v) is 8.90. The number of nitrogens with one attached hydrogen (secondary N) is 1. The van der Waals surface area contributed by atoms with Crippen LogP contribution in [0.15, 0.2) is 108 Å². The molecule has 0 amide bonds. The zero-order valence-electron chi connectivity index (χ0n) is 19.4. The lowest BCUT2D eigenvalue weighted by atomic mass is 10.0. The number of nitriles is 1. The number of aromatic nitrogens is 4. The molecule has 0 aliphatic carbocycles. The standard InChI is InChI=1S/C30H18ClN5O/c31-24-14-12-23(13-15-24)28-33-26-29(36(28)25-16-6-19(18-32)7-17-25)34-27(35-30(26)37)22-10-8-21(9-11-22)20-4-2-1-3-5-20/h1-17H,(H,34,35,37). The number of nitrogens with zero attached hydrogens (tertiary/aromatic N) is 4. The van der Waals surface area contributed by atoms with Gasteiger partial charge in [-0.05, 0) is 59.7 Å². The summed E-state index contributed by atoms with van der Waals surface area (Å²) in [6, 6.07) is 34.4. The maximum Gasteiger partial charge on any atom is 0.279 e. The van der Waals surface area contributed by atoms with Crippen LogP contribution < -0.4 is 5.56 Å². The van der Waals surface area contributed by atoms with Gasteiger partial charge in [-0.1, -0.05) is 66.2 Å². The van der Waals surface area contributed by atoms with Gasteiger partial charge in [-0.15, -0.1) is 0 Å². The van der Waals surface area contributed by atoms with Crippen molar-refractivity contribution in [3.8, 4) is 45.7 Å². The quantitative estimate of drug-likeness (QED) is 0.294. The highest BCUT2D eigenvalue weighted by atomic mass is 35.5. The number of hydrogen-bond donors (Lipinski definition) is 1. The van der Waals surface area contributed by atoms with Crippen molar-refractivity contribution in [2.45, 2.75) is 0 Å². The second-order valence-electron chi connectivity index (χ2n) is 8.47. The Morgan fingerprint density at radius 1 is 0.730 bits per heavy atom. The minimum absolute atomic E-state index is 0.221. The molecular formula is C30H18ClN5O. The lowest BCUT2D eigenvalue weighted by molar-refractivity contribution is 1.07. The molecule has 1 N–H and O–H groups in total. The van der Waals surface area contributed by atoms with Crippen LogP contribution in [0.1, 0.15) is 5.56 Å². The Balaban J connectivity index is 1.54. The highest BCUT2D eigenvalue weighted by Crippen LogP contribution is 2.29. The highest BCUT2D eigenvalue weighted by Gasteiger charge is 2.19. The molecule has 0 radical (unpaired) electrons. The molecule has 7 heteroatoms. The maximum atomic E-state index is 13.2. The van der Waals surface area contributed by atoms with E-state index in [4.69, 9.17) is 16.6 Å². The molecule has 6 nitrogen and oxygen atoms in total. The highest BCUT2D eigenvalue weighted by molar-refractivity contribution is 6.30. The van der Waals surface area contributed by atoms with Crippen LogP contribution in [-0.2, 0) is 0 Å². The van der Waals surface area contributed by atoms with E-state index in [0.29, 0.717) is 27.9 Å². The number of imidazole rings is 1. The van der Waals surface area contributed by atoms with E-state index in [2.05, 4.69) is 28.2 Å². The lowest BCUT2D eigenvalue weighted by Crippen LogP contribution is -2.10.